The van der Waals surface area contributed by atoms with Crippen LogP contribution in [0.4, 0.5) is 0 Å². The molecule has 0 saturated carbocycles. The molecule has 4 heterocycles. The van der Waals surface area contributed by atoms with Crippen LogP contribution in [-0.4, -0.2) is 55.8 Å². The van der Waals surface area contributed by atoms with E-state index in [9.17, 15) is 4.79 Å². The number of nitrogens with zero attached hydrogens (tertiary/aromatic N) is 5. The number of benzene rings is 2. The van der Waals surface area contributed by atoms with Gasteiger partial charge in [-0.2, -0.15) is 0 Å². The summed E-state index contributed by atoms with van der Waals surface area (Å²) in [5, 5.41) is 1.02. The Hall–Kier alpha value is -3.90. The number of imidazole rings is 1. The standard InChI is InChI=1S/C28H27N5O/c34-28(25-21-33(18-22-8-2-1-3-9-22)26-11-5-4-10-24(25)26)31-16-14-30(15-17-31)19-23-20-32-13-7-6-12-27(32)29-23/h1-13,20-21H,14-19H2. The molecule has 0 aliphatic carbocycles. The maximum absolute atomic E-state index is 13.5. The molecule has 34 heavy (non-hydrogen) atoms. The van der Waals surface area contributed by atoms with Crippen LogP contribution in [0.5, 0.6) is 0 Å². The van der Waals surface area contributed by atoms with Gasteiger partial charge in [-0.15, -0.1) is 0 Å². The van der Waals surface area contributed by atoms with E-state index >= 15 is 0 Å². The van der Waals surface area contributed by atoms with Crippen LogP contribution >= 0.6 is 0 Å². The Kier molecular flexibility index (Phi) is 5.35. The number of hydrogen-bond acceptors (Lipinski definition) is 3. The summed E-state index contributed by atoms with van der Waals surface area (Å²) >= 11 is 0. The molecule has 0 spiro atoms. The first-order valence-corrected chi connectivity index (χ1v) is 11.8. The summed E-state index contributed by atoms with van der Waals surface area (Å²) in [6.45, 7) is 4.71. The van der Waals surface area contributed by atoms with Crippen molar-refractivity contribution in [3.8, 4) is 0 Å². The number of para-hydroxylation sites is 1. The van der Waals surface area contributed by atoms with Crippen LogP contribution in [0.25, 0.3) is 16.6 Å². The molecule has 1 fully saturated rings. The van der Waals surface area contributed by atoms with Gasteiger partial charge in [0.15, 0.2) is 0 Å². The second-order valence-electron chi connectivity index (χ2n) is 8.94. The SMILES string of the molecule is O=C(c1cn(Cc2ccccc2)c2ccccc12)N1CCN(Cc2cn3ccccc3n2)CC1. The lowest BCUT2D eigenvalue weighted by molar-refractivity contribution is 0.0629. The molecule has 0 bridgehead atoms. The molecule has 5 aromatic rings. The predicted octanol–water partition coefficient (Wildman–Crippen LogP) is 4.30. The fourth-order valence-electron chi connectivity index (χ4n) is 4.90. The van der Waals surface area contributed by atoms with Gasteiger partial charge in [-0.3, -0.25) is 9.69 Å². The van der Waals surface area contributed by atoms with Crippen molar-refractivity contribution >= 4 is 22.5 Å². The Bertz CT molecular complexity index is 1410. The molecular formula is C28H27N5O. The summed E-state index contributed by atoms with van der Waals surface area (Å²) in [7, 11) is 0. The number of fused-ring (bicyclic) bond motifs is 2. The number of hydrogen-bond donors (Lipinski definition) is 0. The Morgan fingerprint density at radius 1 is 0.794 bits per heavy atom. The van der Waals surface area contributed by atoms with Crippen LogP contribution in [0, 0.1) is 0 Å². The van der Waals surface area contributed by atoms with Gasteiger partial charge in [0.1, 0.15) is 5.65 Å². The monoisotopic (exact) mass is 449 g/mol. The number of piperazine rings is 1. The van der Waals surface area contributed by atoms with Crippen molar-refractivity contribution in [3.63, 3.8) is 0 Å². The van der Waals surface area contributed by atoms with Gasteiger partial charge in [-0.25, -0.2) is 4.98 Å². The van der Waals surface area contributed by atoms with E-state index in [1.807, 2.05) is 53.7 Å². The van der Waals surface area contributed by atoms with Crippen LogP contribution < -0.4 is 0 Å². The quantitative estimate of drug-likeness (QED) is 0.402. The predicted molar refractivity (Wildman–Crippen MR) is 134 cm³/mol. The van der Waals surface area contributed by atoms with E-state index in [1.165, 1.54) is 5.56 Å². The second kappa shape index (κ2) is 8.80. The molecule has 1 aliphatic heterocycles. The Morgan fingerprint density at radius 2 is 1.56 bits per heavy atom. The smallest absolute Gasteiger partial charge is 0.256 e. The van der Waals surface area contributed by atoms with E-state index in [4.69, 9.17) is 4.98 Å². The lowest BCUT2D eigenvalue weighted by atomic mass is 10.1. The zero-order valence-corrected chi connectivity index (χ0v) is 19.0. The highest BCUT2D eigenvalue weighted by molar-refractivity contribution is 6.07. The van der Waals surface area contributed by atoms with E-state index in [2.05, 4.69) is 56.5 Å². The van der Waals surface area contributed by atoms with E-state index in [0.717, 1.165) is 67.1 Å². The van der Waals surface area contributed by atoms with Crippen molar-refractivity contribution in [2.24, 2.45) is 0 Å². The summed E-state index contributed by atoms with van der Waals surface area (Å²) in [5.41, 5.74) is 5.15. The molecule has 6 heteroatoms. The lowest BCUT2D eigenvalue weighted by Crippen LogP contribution is -2.48. The molecule has 0 radical (unpaired) electrons. The van der Waals surface area contributed by atoms with Crippen LogP contribution in [-0.2, 0) is 13.1 Å². The van der Waals surface area contributed by atoms with Gasteiger partial charge < -0.3 is 13.9 Å². The van der Waals surface area contributed by atoms with Crippen molar-refractivity contribution in [2.45, 2.75) is 13.1 Å². The minimum Gasteiger partial charge on any atom is -0.342 e. The molecule has 1 aliphatic rings. The summed E-state index contributed by atoms with van der Waals surface area (Å²) in [6, 6.07) is 24.6. The van der Waals surface area contributed by atoms with Crippen LogP contribution in [0.15, 0.2) is 91.4 Å². The molecule has 6 nitrogen and oxygen atoms in total. The Labute approximate surface area is 198 Å². The fourth-order valence-corrected chi connectivity index (χ4v) is 4.90. The van der Waals surface area contributed by atoms with E-state index in [-0.39, 0.29) is 5.91 Å². The first-order chi connectivity index (χ1) is 16.7. The largest absolute Gasteiger partial charge is 0.342 e. The fraction of sp³-hybridized carbons (Fsp3) is 0.214. The van der Waals surface area contributed by atoms with Crippen molar-refractivity contribution in [2.75, 3.05) is 26.2 Å². The maximum Gasteiger partial charge on any atom is 0.256 e. The number of aromatic nitrogens is 3. The van der Waals surface area contributed by atoms with E-state index < -0.39 is 0 Å². The van der Waals surface area contributed by atoms with Crippen molar-refractivity contribution in [1.29, 1.82) is 0 Å². The number of carbonyl (C=O) groups excluding carboxylic acids is 1. The highest BCUT2D eigenvalue weighted by Gasteiger charge is 2.25. The first-order valence-electron chi connectivity index (χ1n) is 11.8. The normalized spacial score (nSPS) is 14.8. The molecule has 1 amide bonds. The van der Waals surface area contributed by atoms with Gasteiger partial charge in [0.2, 0.25) is 0 Å². The zero-order chi connectivity index (χ0) is 22.9. The molecule has 0 N–H and O–H groups in total. The number of carbonyl (C=O) groups is 1. The summed E-state index contributed by atoms with van der Waals surface area (Å²) in [5.74, 6) is 0.121. The van der Waals surface area contributed by atoms with E-state index in [0.29, 0.717) is 0 Å². The van der Waals surface area contributed by atoms with Gasteiger partial charge in [0, 0.05) is 68.8 Å². The molecule has 0 unspecified atom stereocenters. The number of pyridine rings is 1. The molecular weight excluding hydrogens is 422 g/mol. The molecule has 1 saturated heterocycles. The summed E-state index contributed by atoms with van der Waals surface area (Å²) in [4.78, 5) is 22.6. The van der Waals surface area contributed by atoms with Crippen LogP contribution in [0.1, 0.15) is 21.6 Å². The third-order valence-corrected chi connectivity index (χ3v) is 6.67. The van der Waals surface area contributed by atoms with Gasteiger partial charge in [0.25, 0.3) is 5.91 Å². The first kappa shape index (κ1) is 20.7. The van der Waals surface area contributed by atoms with Crippen LogP contribution in [0.2, 0.25) is 0 Å². The number of rotatable bonds is 5. The van der Waals surface area contributed by atoms with Crippen molar-refractivity contribution < 1.29 is 4.79 Å². The molecule has 6 rings (SSSR count). The summed E-state index contributed by atoms with van der Waals surface area (Å²) in [6.07, 6.45) is 6.15. The number of amides is 1. The average Bonchev–Trinajstić information content (AvgIpc) is 3.46. The van der Waals surface area contributed by atoms with Crippen molar-refractivity contribution in [3.05, 3.63) is 108 Å². The zero-order valence-electron chi connectivity index (χ0n) is 19.0. The Balaban J connectivity index is 1.16. The lowest BCUT2D eigenvalue weighted by Gasteiger charge is -2.34. The van der Waals surface area contributed by atoms with Crippen molar-refractivity contribution in [1.82, 2.24) is 23.8 Å². The van der Waals surface area contributed by atoms with Gasteiger partial charge in [0.05, 0.1) is 11.3 Å². The maximum atomic E-state index is 13.5. The third-order valence-electron chi connectivity index (χ3n) is 6.67. The van der Waals surface area contributed by atoms with Gasteiger partial charge in [-0.05, 0) is 23.8 Å². The van der Waals surface area contributed by atoms with E-state index in [1.54, 1.807) is 0 Å². The molecule has 2 aromatic carbocycles. The molecule has 3 aromatic heterocycles. The van der Waals surface area contributed by atoms with Crippen LogP contribution in [0.3, 0.4) is 0 Å². The summed E-state index contributed by atoms with van der Waals surface area (Å²) < 4.78 is 4.25. The molecule has 0 atom stereocenters. The topological polar surface area (TPSA) is 45.8 Å². The minimum absolute atomic E-state index is 0.121. The van der Waals surface area contributed by atoms with Gasteiger partial charge in [-0.1, -0.05) is 54.6 Å². The van der Waals surface area contributed by atoms with Gasteiger partial charge >= 0.3 is 0 Å². The third kappa shape index (κ3) is 3.97. The average molecular weight is 450 g/mol. The second-order valence-corrected chi connectivity index (χ2v) is 8.94. The highest BCUT2D eigenvalue weighted by atomic mass is 16.2. The Morgan fingerprint density at radius 3 is 2.38 bits per heavy atom. The minimum atomic E-state index is 0.121. The molecule has 170 valence electrons. The highest BCUT2D eigenvalue weighted by Crippen LogP contribution is 2.24.